The first kappa shape index (κ1) is 31.0. The molecule has 8 aromatic rings. The third-order valence-electron chi connectivity index (χ3n) is 9.22. The zero-order valence-electron chi connectivity index (χ0n) is 28.2. The number of nitrogens with zero attached hydrogens (tertiary/aromatic N) is 4. The first-order valence-corrected chi connectivity index (χ1v) is 16.8. The average Bonchev–Trinajstić information content (AvgIpc) is 3.60. The predicted molar refractivity (Wildman–Crippen MR) is 204 cm³/mol. The van der Waals surface area contributed by atoms with E-state index in [1.807, 2.05) is 48.8 Å². The molecule has 4 aromatic heterocycles. The topological polar surface area (TPSA) is 63.3 Å². The summed E-state index contributed by atoms with van der Waals surface area (Å²) in [5, 5.41) is 11.0. The predicted octanol–water partition coefficient (Wildman–Crippen LogP) is 11.1. The summed E-state index contributed by atoms with van der Waals surface area (Å²) in [5.74, 6) is 0.184. The quantitative estimate of drug-likeness (QED) is 0.195. The summed E-state index contributed by atoms with van der Waals surface area (Å²) in [5.41, 5.74) is 13.4. The van der Waals surface area contributed by atoms with Crippen molar-refractivity contribution in [2.24, 2.45) is 0 Å². The number of imidazole rings is 1. The molecule has 5 heteroatoms. The van der Waals surface area contributed by atoms with Crippen LogP contribution in [-0.4, -0.2) is 24.5 Å². The molecule has 0 saturated carbocycles. The summed E-state index contributed by atoms with van der Waals surface area (Å²) in [6, 6.07) is 47.2. The van der Waals surface area contributed by atoms with Gasteiger partial charge in [0.15, 0.2) is 0 Å². The van der Waals surface area contributed by atoms with Gasteiger partial charge in [-0.15, -0.1) is 0 Å². The van der Waals surface area contributed by atoms with Crippen LogP contribution in [0.4, 0.5) is 0 Å². The van der Waals surface area contributed by atoms with Crippen LogP contribution < -0.4 is 0 Å². The molecular formula is C45H36N4O. The van der Waals surface area contributed by atoms with Gasteiger partial charge < -0.3 is 5.11 Å². The van der Waals surface area contributed by atoms with Crippen LogP contribution in [0.2, 0.25) is 0 Å². The third kappa shape index (κ3) is 5.84. The van der Waals surface area contributed by atoms with Crippen molar-refractivity contribution >= 4 is 5.65 Å². The van der Waals surface area contributed by atoms with Gasteiger partial charge >= 0.3 is 0 Å². The Morgan fingerprint density at radius 2 is 1.18 bits per heavy atom. The minimum absolute atomic E-state index is 0.00893. The molecule has 0 radical (unpaired) electrons. The first-order valence-electron chi connectivity index (χ1n) is 16.8. The van der Waals surface area contributed by atoms with Crippen molar-refractivity contribution in [1.29, 1.82) is 0 Å². The van der Waals surface area contributed by atoms with E-state index in [0.717, 1.165) is 61.7 Å². The molecule has 0 spiro atoms. The van der Waals surface area contributed by atoms with Gasteiger partial charge in [-0.3, -0.25) is 9.38 Å². The molecule has 0 aliphatic rings. The Labute approximate surface area is 292 Å². The lowest BCUT2D eigenvalue weighted by Gasteiger charge is -2.19. The maximum atomic E-state index is 11.0. The highest BCUT2D eigenvalue weighted by Gasteiger charge is 2.18. The number of benzene rings is 4. The lowest BCUT2D eigenvalue weighted by atomic mass is 9.87. The van der Waals surface area contributed by atoms with Gasteiger partial charge in [-0.25, -0.2) is 9.97 Å². The molecule has 0 bridgehead atoms. The number of phenolic OH excluding ortho intramolecular Hbond substituents is 1. The van der Waals surface area contributed by atoms with E-state index in [2.05, 4.69) is 128 Å². The van der Waals surface area contributed by atoms with Crippen LogP contribution in [0.1, 0.15) is 26.3 Å². The second-order valence-corrected chi connectivity index (χ2v) is 13.6. The molecule has 4 aromatic carbocycles. The molecule has 0 aliphatic carbocycles. The van der Waals surface area contributed by atoms with E-state index in [1.165, 1.54) is 5.56 Å². The number of fused-ring (bicyclic) bond motifs is 1. The fourth-order valence-corrected chi connectivity index (χ4v) is 6.57. The third-order valence-corrected chi connectivity index (χ3v) is 9.22. The van der Waals surface area contributed by atoms with Crippen LogP contribution in [-0.2, 0) is 5.41 Å². The van der Waals surface area contributed by atoms with Crippen LogP contribution in [0, 0.1) is 0 Å². The van der Waals surface area contributed by atoms with E-state index in [1.54, 1.807) is 6.07 Å². The van der Waals surface area contributed by atoms with Gasteiger partial charge in [0.25, 0.3) is 0 Å². The monoisotopic (exact) mass is 648 g/mol. The molecule has 5 nitrogen and oxygen atoms in total. The number of hydrogen-bond donors (Lipinski definition) is 1. The minimum atomic E-state index is 0.00893. The highest BCUT2D eigenvalue weighted by molar-refractivity contribution is 5.92. The lowest BCUT2D eigenvalue weighted by Crippen LogP contribution is -2.11. The SMILES string of the molecule is CC(C)(C)c1ccnc(-c2cccc(-c3cc(-c4ccccc4-c4cccn5c(-c6ccccc6)cnc45)cc(-c4ccccc4O)n3)c2)c1. The largest absolute Gasteiger partial charge is 0.507 e. The number of aromatic nitrogens is 4. The first-order chi connectivity index (χ1) is 24.3. The summed E-state index contributed by atoms with van der Waals surface area (Å²) in [4.78, 5) is 14.8. The second kappa shape index (κ2) is 12.6. The maximum Gasteiger partial charge on any atom is 0.145 e. The highest BCUT2D eigenvalue weighted by Crippen LogP contribution is 2.39. The molecule has 0 fully saturated rings. The van der Waals surface area contributed by atoms with E-state index < -0.39 is 0 Å². The zero-order valence-corrected chi connectivity index (χ0v) is 28.2. The number of rotatable bonds is 6. The van der Waals surface area contributed by atoms with Crippen LogP contribution in [0.5, 0.6) is 5.75 Å². The number of phenols is 1. The van der Waals surface area contributed by atoms with Crippen molar-refractivity contribution in [3.05, 3.63) is 164 Å². The maximum absolute atomic E-state index is 11.0. The Kier molecular flexibility index (Phi) is 7.81. The van der Waals surface area contributed by atoms with Crippen molar-refractivity contribution in [2.75, 3.05) is 0 Å². The van der Waals surface area contributed by atoms with Crippen molar-refractivity contribution in [3.63, 3.8) is 0 Å². The molecule has 0 atom stereocenters. The van der Waals surface area contributed by atoms with Gasteiger partial charge in [-0.2, -0.15) is 0 Å². The number of para-hydroxylation sites is 1. The fraction of sp³-hybridized carbons (Fsp3) is 0.0889. The van der Waals surface area contributed by atoms with Crippen molar-refractivity contribution < 1.29 is 5.11 Å². The van der Waals surface area contributed by atoms with Gasteiger partial charge in [0.1, 0.15) is 11.4 Å². The zero-order chi connectivity index (χ0) is 34.2. The smallest absolute Gasteiger partial charge is 0.145 e. The fourth-order valence-electron chi connectivity index (χ4n) is 6.57. The van der Waals surface area contributed by atoms with E-state index in [-0.39, 0.29) is 11.2 Å². The average molecular weight is 649 g/mol. The number of aromatic hydroxyl groups is 1. The van der Waals surface area contributed by atoms with E-state index in [0.29, 0.717) is 11.3 Å². The van der Waals surface area contributed by atoms with Gasteiger partial charge in [0.2, 0.25) is 0 Å². The summed E-state index contributed by atoms with van der Waals surface area (Å²) in [7, 11) is 0. The number of pyridine rings is 3. The highest BCUT2D eigenvalue weighted by atomic mass is 16.3. The summed E-state index contributed by atoms with van der Waals surface area (Å²) in [6.45, 7) is 6.64. The molecule has 50 heavy (non-hydrogen) atoms. The van der Waals surface area contributed by atoms with Gasteiger partial charge in [0, 0.05) is 40.2 Å². The van der Waals surface area contributed by atoms with E-state index in [4.69, 9.17) is 15.0 Å². The Morgan fingerprint density at radius 1 is 0.520 bits per heavy atom. The van der Waals surface area contributed by atoms with Crippen LogP contribution in [0.3, 0.4) is 0 Å². The summed E-state index contributed by atoms with van der Waals surface area (Å²) in [6.07, 6.45) is 5.89. The summed E-state index contributed by atoms with van der Waals surface area (Å²) < 4.78 is 2.15. The Bertz CT molecular complexity index is 2490. The van der Waals surface area contributed by atoms with Crippen LogP contribution in [0.15, 0.2) is 158 Å². The molecule has 0 saturated heterocycles. The van der Waals surface area contributed by atoms with Crippen LogP contribution in [0.25, 0.3) is 72.9 Å². The molecule has 1 N–H and O–H groups in total. The van der Waals surface area contributed by atoms with Gasteiger partial charge in [0.05, 0.1) is 29.0 Å². The van der Waals surface area contributed by atoms with E-state index in [9.17, 15) is 5.11 Å². The van der Waals surface area contributed by atoms with Crippen molar-refractivity contribution in [3.8, 4) is 73.0 Å². The molecule has 8 rings (SSSR count). The number of hydrogen-bond acceptors (Lipinski definition) is 4. The molecule has 0 amide bonds. The van der Waals surface area contributed by atoms with Gasteiger partial charge in [-0.05, 0) is 82.3 Å². The Hall–Kier alpha value is -6.33. The van der Waals surface area contributed by atoms with Gasteiger partial charge in [-0.1, -0.05) is 106 Å². The molecule has 0 unspecified atom stereocenters. The molecule has 0 aliphatic heterocycles. The van der Waals surface area contributed by atoms with Crippen LogP contribution >= 0.6 is 0 Å². The normalized spacial score (nSPS) is 11.6. The Balaban J connectivity index is 1.30. The second-order valence-electron chi connectivity index (χ2n) is 13.6. The molecular weight excluding hydrogens is 613 g/mol. The van der Waals surface area contributed by atoms with Crippen molar-refractivity contribution in [1.82, 2.24) is 19.4 Å². The molecule has 4 heterocycles. The van der Waals surface area contributed by atoms with E-state index >= 15 is 0 Å². The molecule has 242 valence electrons. The Morgan fingerprint density at radius 3 is 1.96 bits per heavy atom. The standard InChI is InChI=1S/C45H36N4O/c1-45(2,3)34-22-23-46-39(28-34)31-15-11-16-32(25-31)40-26-33(27-41(48-40)38-19-9-10-21-43(38)50)35-17-7-8-18-36(35)37-20-12-24-49-42(29-47-44(37)49)30-13-5-4-6-14-30/h4-29,50H,1-3H3. The summed E-state index contributed by atoms with van der Waals surface area (Å²) >= 11 is 0. The van der Waals surface area contributed by atoms with Crippen molar-refractivity contribution in [2.45, 2.75) is 26.2 Å². The minimum Gasteiger partial charge on any atom is -0.507 e. The lowest BCUT2D eigenvalue weighted by molar-refractivity contribution is 0.477.